The maximum Gasteiger partial charge on any atom is 0.122 e. The molecule has 1 unspecified atom stereocenters. The molecule has 1 fully saturated rings. The predicted octanol–water partition coefficient (Wildman–Crippen LogP) is 3.60. The van der Waals surface area contributed by atoms with E-state index in [1.165, 1.54) is 24.8 Å². The molecule has 1 aromatic rings. The Balaban J connectivity index is 1.80. The molecule has 2 rings (SSSR count). The first-order valence-electron chi connectivity index (χ1n) is 6.57. The van der Waals surface area contributed by atoms with Crippen LogP contribution in [0.1, 0.15) is 38.2 Å². The highest BCUT2D eigenvalue weighted by Crippen LogP contribution is 2.23. The highest BCUT2D eigenvalue weighted by molar-refractivity contribution is 5.38. The number of hydrogen-bond donors (Lipinski definition) is 0. The predicted molar refractivity (Wildman–Crippen MR) is 69.2 cm³/mol. The van der Waals surface area contributed by atoms with Crippen molar-refractivity contribution < 1.29 is 9.47 Å². The van der Waals surface area contributed by atoms with E-state index >= 15 is 0 Å². The van der Waals surface area contributed by atoms with Gasteiger partial charge in [-0.2, -0.15) is 0 Å². The van der Waals surface area contributed by atoms with E-state index < -0.39 is 0 Å². The molecule has 93 valence electrons. The van der Waals surface area contributed by atoms with Gasteiger partial charge in [-0.15, -0.1) is 0 Å². The standard InChI is InChI=1S/C15H21O2/c1-2-3-4-5-8-13-9-6-7-10-15(13)17-12-14-11-16-14/h6-10,14H,2-5,11-12H2,1H3. The number of rotatable bonds is 8. The molecule has 0 spiro atoms. The third-order valence-electron chi connectivity index (χ3n) is 2.92. The Morgan fingerprint density at radius 1 is 1.35 bits per heavy atom. The second-order valence-corrected chi connectivity index (χ2v) is 4.50. The average Bonchev–Trinajstić information content (AvgIpc) is 3.17. The quantitative estimate of drug-likeness (QED) is 0.505. The van der Waals surface area contributed by atoms with E-state index in [0.29, 0.717) is 12.7 Å². The smallest absolute Gasteiger partial charge is 0.122 e. The van der Waals surface area contributed by atoms with Gasteiger partial charge in [-0.25, -0.2) is 0 Å². The van der Waals surface area contributed by atoms with Crippen molar-refractivity contribution in [3.05, 3.63) is 36.2 Å². The monoisotopic (exact) mass is 233 g/mol. The van der Waals surface area contributed by atoms with Crippen molar-refractivity contribution in [2.24, 2.45) is 0 Å². The SMILES string of the molecule is CCCCC[CH]c1ccccc1OCC1CO1. The summed E-state index contributed by atoms with van der Waals surface area (Å²) in [5, 5.41) is 0. The Labute approximate surface area is 104 Å². The lowest BCUT2D eigenvalue weighted by atomic mass is 10.1. The lowest BCUT2D eigenvalue weighted by Crippen LogP contribution is -2.05. The normalized spacial score (nSPS) is 18.1. The fourth-order valence-corrected chi connectivity index (χ4v) is 1.78. The summed E-state index contributed by atoms with van der Waals surface area (Å²) in [5.41, 5.74) is 1.21. The van der Waals surface area contributed by atoms with Gasteiger partial charge in [0.1, 0.15) is 18.5 Å². The number of hydrogen-bond acceptors (Lipinski definition) is 2. The van der Waals surface area contributed by atoms with Gasteiger partial charge in [0.15, 0.2) is 0 Å². The highest BCUT2D eigenvalue weighted by atomic mass is 16.6. The van der Waals surface area contributed by atoms with E-state index in [2.05, 4.69) is 25.5 Å². The van der Waals surface area contributed by atoms with E-state index in [4.69, 9.17) is 9.47 Å². The van der Waals surface area contributed by atoms with Crippen LogP contribution < -0.4 is 4.74 Å². The highest BCUT2D eigenvalue weighted by Gasteiger charge is 2.23. The molecular formula is C15H21O2. The van der Waals surface area contributed by atoms with Crippen LogP contribution in [0.5, 0.6) is 5.75 Å². The Morgan fingerprint density at radius 3 is 2.94 bits per heavy atom. The molecule has 0 aromatic heterocycles. The lowest BCUT2D eigenvalue weighted by Gasteiger charge is -2.10. The second kappa shape index (κ2) is 6.65. The van der Waals surface area contributed by atoms with Crippen LogP contribution >= 0.6 is 0 Å². The first kappa shape index (κ1) is 12.4. The summed E-state index contributed by atoms with van der Waals surface area (Å²) in [7, 11) is 0. The molecule has 0 N–H and O–H groups in total. The van der Waals surface area contributed by atoms with E-state index in [1.54, 1.807) is 0 Å². The molecule has 1 heterocycles. The summed E-state index contributed by atoms with van der Waals surface area (Å²) in [6, 6.07) is 8.24. The Hall–Kier alpha value is -1.02. The lowest BCUT2D eigenvalue weighted by molar-refractivity contribution is 0.262. The third-order valence-corrected chi connectivity index (χ3v) is 2.92. The van der Waals surface area contributed by atoms with Crippen LogP contribution in [0.4, 0.5) is 0 Å². The molecule has 17 heavy (non-hydrogen) atoms. The van der Waals surface area contributed by atoms with Crippen LogP contribution in [0.25, 0.3) is 0 Å². The van der Waals surface area contributed by atoms with Gasteiger partial charge in [-0.1, -0.05) is 44.4 Å². The Bertz CT molecular complexity index is 331. The maximum atomic E-state index is 5.76. The van der Waals surface area contributed by atoms with Gasteiger partial charge in [0.05, 0.1) is 6.61 Å². The van der Waals surface area contributed by atoms with Gasteiger partial charge >= 0.3 is 0 Å². The van der Waals surface area contributed by atoms with Crippen molar-refractivity contribution in [3.8, 4) is 5.75 Å². The van der Waals surface area contributed by atoms with Crippen molar-refractivity contribution in [3.63, 3.8) is 0 Å². The van der Waals surface area contributed by atoms with Crippen LogP contribution in [0, 0.1) is 6.42 Å². The first-order chi connectivity index (χ1) is 8.40. The number of benzene rings is 1. The number of ether oxygens (including phenoxy) is 2. The van der Waals surface area contributed by atoms with Crippen LogP contribution in [0.15, 0.2) is 24.3 Å². The molecule has 0 saturated carbocycles. The van der Waals surface area contributed by atoms with Crippen molar-refractivity contribution in [2.45, 2.75) is 38.7 Å². The molecule has 1 aliphatic heterocycles. The summed E-state index contributed by atoms with van der Waals surface area (Å²) in [5.74, 6) is 0.986. The first-order valence-corrected chi connectivity index (χ1v) is 6.57. The molecule has 1 radical (unpaired) electrons. The second-order valence-electron chi connectivity index (χ2n) is 4.50. The van der Waals surface area contributed by atoms with E-state index in [9.17, 15) is 0 Å². The van der Waals surface area contributed by atoms with Crippen molar-refractivity contribution in [2.75, 3.05) is 13.2 Å². The van der Waals surface area contributed by atoms with Gasteiger partial charge in [0, 0.05) is 0 Å². The molecule has 2 heteroatoms. The minimum Gasteiger partial charge on any atom is -0.490 e. The number of para-hydroxylation sites is 1. The van der Waals surface area contributed by atoms with E-state index in [1.807, 2.05) is 12.1 Å². The minimum absolute atomic E-state index is 0.322. The van der Waals surface area contributed by atoms with Gasteiger partial charge < -0.3 is 9.47 Å². The number of epoxide rings is 1. The molecule has 2 nitrogen and oxygen atoms in total. The molecule has 1 aliphatic rings. The fourth-order valence-electron chi connectivity index (χ4n) is 1.78. The van der Waals surface area contributed by atoms with Crippen LogP contribution in [0.3, 0.4) is 0 Å². The van der Waals surface area contributed by atoms with Crippen LogP contribution in [0.2, 0.25) is 0 Å². The van der Waals surface area contributed by atoms with Gasteiger partial charge in [0.2, 0.25) is 0 Å². The third kappa shape index (κ3) is 4.39. The van der Waals surface area contributed by atoms with Crippen LogP contribution in [-0.4, -0.2) is 19.3 Å². The molecule has 0 amide bonds. The largest absolute Gasteiger partial charge is 0.490 e. The summed E-state index contributed by atoms with van der Waals surface area (Å²) in [6.07, 6.45) is 7.56. The van der Waals surface area contributed by atoms with Crippen molar-refractivity contribution in [1.82, 2.24) is 0 Å². The Kier molecular flexibility index (Phi) is 4.87. The summed E-state index contributed by atoms with van der Waals surface area (Å²) in [4.78, 5) is 0. The Morgan fingerprint density at radius 2 is 2.18 bits per heavy atom. The molecule has 0 aliphatic carbocycles. The summed E-state index contributed by atoms with van der Waals surface area (Å²) in [6.45, 7) is 3.76. The van der Waals surface area contributed by atoms with Gasteiger partial charge in [-0.05, 0) is 24.5 Å². The zero-order valence-corrected chi connectivity index (χ0v) is 10.5. The summed E-state index contributed by atoms with van der Waals surface area (Å²) < 4.78 is 10.9. The van der Waals surface area contributed by atoms with Gasteiger partial charge in [-0.3, -0.25) is 0 Å². The zero-order chi connectivity index (χ0) is 11.9. The van der Waals surface area contributed by atoms with E-state index in [0.717, 1.165) is 18.8 Å². The molecule has 1 aromatic carbocycles. The minimum atomic E-state index is 0.322. The number of unbranched alkanes of at least 4 members (excludes halogenated alkanes) is 3. The van der Waals surface area contributed by atoms with Gasteiger partial charge in [0.25, 0.3) is 0 Å². The maximum absolute atomic E-state index is 5.76. The summed E-state index contributed by atoms with van der Waals surface area (Å²) >= 11 is 0. The zero-order valence-electron chi connectivity index (χ0n) is 10.5. The van der Waals surface area contributed by atoms with E-state index in [-0.39, 0.29) is 0 Å². The average molecular weight is 233 g/mol. The molecule has 1 atom stereocenters. The molecule has 0 bridgehead atoms. The fraction of sp³-hybridized carbons (Fsp3) is 0.533. The van der Waals surface area contributed by atoms with Crippen molar-refractivity contribution in [1.29, 1.82) is 0 Å². The van der Waals surface area contributed by atoms with Crippen LogP contribution in [-0.2, 0) is 4.74 Å². The molecule has 1 saturated heterocycles. The van der Waals surface area contributed by atoms with Crippen molar-refractivity contribution >= 4 is 0 Å². The molecular weight excluding hydrogens is 212 g/mol. The topological polar surface area (TPSA) is 21.8 Å².